The van der Waals surface area contributed by atoms with Crippen LogP contribution in [0.4, 0.5) is 0 Å². The smallest absolute Gasteiger partial charge is 0.0459 e. The molecule has 0 saturated heterocycles. The van der Waals surface area contributed by atoms with Crippen LogP contribution in [0.1, 0.15) is 37.3 Å². The van der Waals surface area contributed by atoms with Crippen molar-refractivity contribution in [2.75, 3.05) is 20.1 Å². The molecule has 1 aromatic carbocycles. The predicted molar refractivity (Wildman–Crippen MR) is 73.0 cm³/mol. The van der Waals surface area contributed by atoms with Crippen LogP contribution in [0, 0.1) is 0 Å². The van der Waals surface area contributed by atoms with Crippen LogP contribution in [-0.4, -0.2) is 25.0 Å². The van der Waals surface area contributed by atoms with E-state index in [-0.39, 0.29) is 0 Å². The Balaban J connectivity index is 2.14. The van der Waals surface area contributed by atoms with Gasteiger partial charge in [0.2, 0.25) is 0 Å². The van der Waals surface area contributed by atoms with Crippen LogP contribution in [0.5, 0.6) is 0 Å². The zero-order chi connectivity index (χ0) is 12.3. The Kier molecular flexibility index (Phi) is 3.85. The standard InChI is InChI=1S/C15H24N2/c1-3-13-6-4-7-14(12-13)15(8-9-15)17(2)11-5-10-16/h4,6-7,12H,3,5,8-11,16H2,1-2H3. The first kappa shape index (κ1) is 12.6. The van der Waals surface area contributed by atoms with Crippen molar-refractivity contribution in [2.45, 2.75) is 38.1 Å². The maximum atomic E-state index is 5.60. The lowest BCUT2D eigenvalue weighted by Crippen LogP contribution is -2.33. The number of benzene rings is 1. The molecule has 0 spiro atoms. The normalized spacial score (nSPS) is 17.4. The van der Waals surface area contributed by atoms with E-state index in [1.165, 1.54) is 24.0 Å². The van der Waals surface area contributed by atoms with E-state index < -0.39 is 0 Å². The largest absolute Gasteiger partial charge is 0.330 e. The Hall–Kier alpha value is -0.860. The molecule has 0 heterocycles. The molecular weight excluding hydrogens is 208 g/mol. The van der Waals surface area contributed by atoms with Crippen LogP contribution in [0.3, 0.4) is 0 Å². The average molecular weight is 232 g/mol. The van der Waals surface area contributed by atoms with Crippen LogP contribution in [0.25, 0.3) is 0 Å². The number of nitrogens with zero attached hydrogens (tertiary/aromatic N) is 1. The summed E-state index contributed by atoms with van der Waals surface area (Å²) >= 11 is 0. The van der Waals surface area contributed by atoms with Crippen molar-refractivity contribution in [1.29, 1.82) is 0 Å². The fraction of sp³-hybridized carbons (Fsp3) is 0.600. The summed E-state index contributed by atoms with van der Waals surface area (Å²) in [6, 6.07) is 9.08. The van der Waals surface area contributed by atoms with Crippen molar-refractivity contribution < 1.29 is 0 Å². The van der Waals surface area contributed by atoms with Gasteiger partial charge in [-0.3, -0.25) is 4.90 Å². The Labute approximate surface area is 105 Å². The lowest BCUT2D eigenvalue weighted by atomic mass is 9.99. The van der Waals surface area contributed by atoms with Gasteiger partial charge in [0.05, 0.1) is 0 Å². The Morgan fingerprint density at radius 1 is 1.35 bits per heavy atom. The summed E-state index contributed by atoms with van der Waals surface area (Å²) in [4.78, 5) is 2.49. The third-order valence-electron chi connectivity index (χ3n) is 4.02. The molecule has 2 nitrogen and oxygen atoms in total. The van der Waals surface area contributed by atoms with Crippen molar-refractivity contribution in [3.8, 4) is 0 Å². The van der Waals surface area contributed by atoms with Crippen LogP contribution in [-0.2, 0) is 12.0 Å². The molecule has 1 fully saturated rings. The molecule has 0 unspecified atom stereocenters. The maximum absolute atomic E-state index is 5.60. The van der Waals surface area contributed by atoms with Gasteiger partial charge in [-0.2, -0.15) is 0 Å². The first-order valence-corrected chi connectivity index (χ1v) is 6.73. The van der Waals surface area contributed by atoms with Crippen molar-refractivity contribution >= 4 is 0 Å². The highest BCUT2D eigenvalue weighted by molar-refractivity contribution is 5.34. The van der Waals surface area contributed by atoms with Gasteiger partial charge in [0.1, 0.15) is 0 Å². The van der Waals surface area contributed by atoms with Gasteiger partial charge < -0.3 is 5.73 Å². The molecule has 17 heavy (non-hydrogen) atoms. The lowest BCUT2D eigenvalue weighted by molar-refractivity contribution is 0.221. The molecule has 2 rings (SSSR count). The van der Waals surface area contributed by atoms with E-state index in [1.54, 1.807) is 0 Å². The molecule has 0 atom stereocenters. The quantitative estimate of drug-likeness (QED) is 0.816. The number of hydrogen-bond acceptors (Lipinski definition) is 2. The minimum atomic E-state index is 0.320. The first-order chi connectivity index (χ1) is 8.23. The van der Waals surface area contributed by atoms with Crippen LogP contribution < -0.4 is 5.73 Å². The van der Waals surface area contributed by atoms with Crippen LogP contribution >= 0.6 is 0 Å². The minimum Gasteiger partial charge on any atom is -0.330 e. The second kappa shape index (κ2) is 5.19. The Morgan fingerprint density at radius 3 is 2.71 bits per heavy atom. The third kappa shape index (κ3) is 2.53. The highest BCUT2D eigenvalue weighted by Crippen LogP contribution is 2.50. The van der Waals surface area contributed by atoms with E-state index in [2.05, 4.69) is 43.1 Å². The number of rotatable bonds is 6. The summed E-state index contributed by atoms with van der Waals surface area (Å²) in [6.45, 7) is 4.11. The molecule has 0 bridgehead atoms. The molecule has 0 aromatic heterocycles. The fourth-order valence-corrected chi connectivity index (χ4v) is 2.63. The molecule has 1 aromatic rings. The van der Waals surface area contributed by atoms with E-state index in [0.717, 1.165) is 25.9 Å². The van der Waals surface area contributed by atoms with Crippen molar-refractivity contribution in [1.82, 2.24) is 4.90 Å². The summed E-state index contributed by atoms with van der Waals surface area (Å²) in [7, 11) is 2.24. The summed E-state index contributed by atoms with van der Waals surface area (Å²) in [6.07, 6.45) is 4.80. The van der Waals surface area contributed by atoms with Crippen LogP contribution in [0.2, 0.25) is 0 Å². The van der Waals surface area contributed by atoms with Gasteiger partial charge >= 0.3 is 0 Å². The number of nitrogens with two attached hydrogens (primary N) is 1. The molecule has 1 aliphatic carbocycles. The zero-order valence-electron chi connectivity index (χ0n) is 11.1. The molecule has 2 N–H and O–H groups in total. The van der Waals surface area contributed by atoms with Crippen LogP contribution in [0.15, 0.2) is 24.3 Å². The van der Waals surface area contributed by atoms with Crippen molar-refractivity contribution in [3.63, 3.8) is 0 Å². The average Bonchev–Trinajstić information content (AvgIpc) is 3.17. The van der Waals surface area contributed by atoms with Gasteiger partial charge in [-0.05, 0) is 56.9 Å². The third-order valence-corrected chi connectivity index (χ3v) is 4.02. The molecule has 0 aliphatic heterocycles. The molecule has 1 saturated carbocycles. The minimum absolute atomic E-state index is 0.320. The Bertz CT molecular complexity index is 369. The molecule has 1 aliphatic rings. The lowest BCUT2D eigenvalue weighted by Gasteiger charge is -2.28. The van der Waals surface area contributed by atoms with Gasteiger partial charge in [0.25, 0.3) is 0 Å². The van der Waals surface area contributed by atoms with Crippen molar-refractivity contribution in [2.24, 2.45) is 5.73 Å². The monoisotopic (exact) mass is 232 g/mol. The van der Waals surface area contributed by atoms with E-state index in [9.17, 15) is 0 Å². The Morgan fingerprint density at radius 2 is 2.12 bits per heavy atom. The van der Waals surface area contributed by atoms with E-state index in [0.29, 0.717) is 5.54 Å². The maximum Gasteiger partial charge on any atom is 0.0459 e. The highest BCUT2D eigenvalue weighted by atomic mass is 15.2. The summed E-state index contributed by atoms with van der Waals surface area (Å²) in [5, 5.41) is 0. The van der Waals surface area contributed by atoms with Gasteiger partial charge in [-0.15, -0.1) is 0 Å². The fourth-order valence-electron chi connectivity index (χ4n) is 2.63. The summed E-state index contributed by atoms with van der Waals surface area (Å²) < 4.78 is 0. The van der Waals surface area contributed by atoms with Gasteiger partial charge in [-0.1, -0.05) is 31.2 Å². The summed E-state index contributed by atoms with van der Waals surface area (Å²) in [5.74, 6) is 0. The topological polar surface area (TPSA) is 29.3 Å². The van der Waals surface area contributed by atoms with Gasteiger partial charge in [0, 0.05) is 5.54 Å². The number of hydrogen-bond donors (Lipinski definition) is 1. The SMILES string of the molecule is CCc1cccc(C2(N(C)CCCN)CC2)c1. The van der Waals surface area contributed by atoms with E-state index in [1.807, 2.05) is 0 Å². The van der Waals surface area contributed by atoms with Crippen molar-refractivity contribution in [3.05, 3.63) is 35.4 Å². The first-order valence-electron chi connectivity index (χ1n) is 6.73. The number of aryl methyl sites for hydroxylation is 1. The highest BCUT2D eigenvalue weighted by Gasteiger charge is 2.47. The zero-order valence-corrected chi connectivity index (χ0v) is 11.1. The molecule has 94 valence electrons. The second-order valence-corrected chi connectivity index (χ2v) is 5.15. The molecular formula is C15H24N2. The van der Waals surface area contributed by atoms with Gasteiger partial charge in [0.15, 0.2) is 0 Å². The summed E-state index contributed by atoms with van der Waals surface area (Å²) in [5.41, 5.74) is 8.86. The molecule has 0 radical (unpaired) electrons. The predicted octanol–water partition coefficient (Wildman–Crippen LogP) is 2.52. The van der Waals surface area contributed by atoms with E-state index >= 15 is 0 Å². The van der Waals surface area contributed by atoms with E-state index in [4.69, 9.17) is 5.73 Å². The second-order valence-electron chi connectivity index (χ2n) is 5.15. The molecule has 2 heteroatoms. The van der Waals surface area contributed by atoms with Gasteiger partial charge in [-0.25, -0.2) is 0 Å². The molecule has 0 amide bonds.